The van der Waals surface area contributed by atoms with Crippen molar-refractivity contribution in [1.29, 1.82) is 0 Å². The van der Waals surface area contributed by atoms with Crippen molar-refractivity contribution in [2.75, 3.05) is 14.2 Å². The molecule has 4 rings (SSSR count). The molecule has 176 valence electrons. The maximum atomic E-state index is 6.35. The Hall–Kier alpha value is -2.04. The van der Waals surface area contributed by atoms with E-state index in [1.807, 2.05) is 16.8 Å². The number of ether oxygens (including phenoxy) is 2. The van der Waals surface area contributed by atoms with E-state index in [-0.39, 0.29) is 36.1 Å². The molecule has 1 aromatic carbocycles. The van der Waals surface area contributed by atoms with Crippen molar-refractivity contribution in [2.45, 2.75) is 77.1 Å². The lowest BCUT2D eigenvalue weighted by Crippen LogP contribution is -2.46. The molecule has 1 unspecified atom stereocenters. The Balaban J connectivity index is 0.00000289. The normalized spacial score (nSPS) is 18.6. The molecule has 8 nitrogen and oxygen atoms in total. The number of fused-ring (bicyclic) bond motifs is 1. The van der Waals surface area contributed by atoms with Gasteiger partial charge in [-0.1, -0.05) is 19.1 Å². The number of hydrogen-bond donors (Lipinski definition) is 2. The van der Waals surface area contributed by atoms with Gasteiger partial charge in [0.1, 0.15) is 5.82 Å². The summed E-state index contributed by atoms with van der Waals surface area (Å²) in [5.74, 6) is 4.41. The Morgan fingerprint density at radius 3 is 2.78 bits per heavy atom. The van der Waals surface area contributed by atoms with Crippen LogP contribution in [0.2, 0.25) is 0 Å². The third-order valence-corrected chi connectivity index (χ3v) is 6.10. The second-order valence-electron chi connectivity index (χ2n) is 8.26. The van der Waals surface area contributed by atoms with E-state index in [0.717, 1.165) is 73.3 Å². The van der Waals surface area contributed by atoms with Gasteiger partial charge in [-0.2, -0.15) is 5.10 Å². The highest BCUT2D eigenvalue weighted by Crippen LogP contribution is 2.34. The van der Waals surface area contributed by atoms with Crippen molar-refractivity contribution < 1.29 is 9.47 Å². The van der Waals surface area contributed by atoms with Gasteiger partial charge >= 0.3 is 0 Å². The summed E-state index contributed by atoms with van der Waals surface area (Å²) in [4.78, 5) is 9.03. The monoisotopic (exact) mass is 554 g/mol. The highest BCUT2D eigenvalue weighted by atomic mass is 127. The number of rotatable bonds is 7. The van der Waals surface area contributed by atoms with Crippen molar-refractivity contribution in [3.63, 3.8) is 0 Å². The second kappa shape index (κ2) is 11.7. The molecule has 2 heterocycles. The highest BCUT2D eigenvalue weighted by Gasteiger charge is 2.23. The third kappa shape index (κ3) is 5.85. The highest BCUT2D eigenvalue weighted by molar-refractivity contribution is 14.0. The Morgan fingerprint density at radius 1 is 1.25 bits per heavy atom. The number of benzene rings is 1. The molecule has 0 bridgehead atoms. The first-order valence-corrected chi connectivity index (χ1v) is 11.4. The van der Waals surface area contributed by atoms with E-state index < -0.39 is 0 Å². The molecule has 2 aromatic rings. The molecule has 1 atom stereocenters. The summed E-state index contributed by atoms with van der Waals surface area (Å²) in [5, 5.41) is 11.6. The van der Waals surface area contributed by atoms with Crippen LogP contribution in [0.5, 0.6) is 11.5 Å². The number of hydrogen-bond acceptors (Lipinski definition) is 5. The van der Waals surface area contributed by atoms with Gasteiger partial charge in [-0.25, -0.2) is 9.67 Å². The number of nitrogens with zero attached hydrogens (tertiary/aromatic N) is 4. The summed E-state index contributed by atoms with van der Waals surface area (Å²) in [5.41, 5.74) is 1.07. The first-order valence-electron chi connectivity index (χ1n) is 11.4. The zero-order chi connectivity index (χ0) is 21.6. The standard InChI is InChI=1S/C23H34N6O2.HI/c1-4-20-27-21-13-12-17(15-29(21)28-20)26-23(24-2)25-14-16-8-7-11-19(30-3)22(16)31-18-9-5-6-10-18;/h7-8,11,17-18H,4-6,9-10,12-15H2,1-3H3,(H2,24,25,26);1H. The second-order valence-corrected chi connectivity index (χ2v) is 8.26. The molecule has 2 N–H and O–H groups in total. The fourth-order valence-electron chi connectivity index (χ4n) is 4.36. The zero-order valence-electron chi connectivity index (χ0n) is 19.3. The molecule has 1 aromatic heterocycles. The quantitative estimate of drug-likeness (QED) is 0.310. The van der Waals surface area contributed by atoms with Crippen molar-refractivity contribution in [3.8, 4) is 11.5 Å². The fraction of sp³-hybridized carbons (Fsp3) is 0.609. The molecular weight excluding hydrogens is 519 g/mol. The molecule has 0 saturated heterocycles. The maximum Gasteiger partial charge on any atom is 0.191 e. The van der Waals surface area contributed by atoms with Crippen LogP contribution in [0.1, 0.15) is 56.2 Å². The third-order valence-electron chi connectivity index (χ3n) is 6.10. The summed E-state index contributed by atoms with van der Waals surface area (Å²) in [6.07, 6.45) is 7.78. The van der Waals surface area contributed by atoms with Crippen molar-refractivity contribution in [3.05, 3.63) is 35.4 Å². The number of nitrogens with one attached hydrogen (secondary N) is 2. The van der Waals surface area contributed by atoms with Crippen LogP contribution in [0.3, 0.4) is 0 Å². The Labute approximate surface area is 207 Å². The number of para-hydroxylation sites is 1. The lowest BCUT2D eigenvalue weighted by molar-refractivity contribution is 0.198. The van der Waals surface area contributed by atoms with Crippen molar-refractivity contribution in [1.82, 2.24) is 25.4 Å². The predicted molar refractivity (Wildman–Crippen MR) is 136 cm³/mol. The maximum absolute atomic E-state index is 6.35. The minimum Gasteiger partial charge on any atom is -0.493 e. The molecule has 0 radical (unpaired) electrons. The van der Waals surface area contributed by atoms with Crippen LogP contribution in [0.4, 0.5) is 0 Å². The van der Waals surface area contributed by atoms with Crippen molar-refractivity contribution >= 4 is 29.9 Å². The van der Waals surface area contributed by atoms with Gasteiger partial charge in [-0.15, -0.1) is 24.0 Å². The molecule has 0 spiro atoms. The molecule has 0 amide bonds. The molecule has 2 aliphatic rings. The lowest BCUT2D eigenvalue weighted by Gasteiger charge is -2.26. The fourth-order valence-corrected chi connectivity index (χ4v) is 4.36. The molecule has 1 aliphatic heterocycles. The van der Waals surface area contributed by atoms with E-state index in [4.69, 9.17) is 9.47 Å². The molecule has 9 heteroatoms. The van der Waals surface area contributed by atoms with Gasteiger partial charge in [0.15, 0.2) is 23.3 Å². The van der Waals surface area contributed by atoms with E-state index >= 15 is 0 Å². The van der Waals surface area contributed by atoms with E-state index in [9.17, 15) is 0 Å². The first kappa shape index (κ1) is 24.6. The minimum atomic E-state index is 0. The molecule has 1 fully saturated rings. The van der Waals surface area contributed by atoms with Gasteiger partial charge in [0, 0.05) is 38.0 Å². The number of aryl methyl sites for hydroxylation is 2. The molecule has 1 aliphatic carbocycles. The average Bonchev–Trinajstić information content (AvgIpc) is 3.46. The summed E-state index contributed by atoms with van der Waals surface area (Å²) in [7, 11) is 3.50. The smallest absolute Gasteiger partial charge is 0.191 e. The summed E-state index contributed by atoms with van der Waals surface area (Å²) in [6.45, 7) is 3.50. The van der Waals surface area contributed by atoms with Gasteiger partial charge in [-0.05, 0) is 38.2 Å². The van der Waals surface area contributed by atoms with Gasteiger partial charge in [-0.3, -0.25) is 4.99 Å². The van der Waals surface area contributed by atoms with E-state index in [1.54, 1.807) is 14.2 Å². The van der Waals surface area contributed by atoms with Crippen LogP contribution in [0.25, 0.3) is 0 Å². The largest absolute Gasteiger partial charge is 0.493 e. The number of aliphatic imine (C=N–C) groups is 1. The number of halogens is 1. The number of guanidine groups is 1. The SMILES string of the molecule is CCc1nc2n(n1)CC(NC(=NC)NCc1cccc(OC)c1OC1CCCC1)CC2.I. The number of aromatic nitrogens is 3. The van der Waals surface area contributed by atoms with Gasteiger partial charge in [0.25, 0.3) is 0 Å². The van der Waals surface area contributed by atoms with Crippen molar-refractivity contribution in [2.24, 2.45) is 4.99 Å². The summed E-state index contributed by atoms with van der Waals surface area (Å²) < 4.78 is 14.0. The molecular formula is C23H35IN6O2. The average molecular weight is 554 g/mol. The van der Waals surface area contributed by atoms with E-state index in [1.165, 1.54) is 12.8 Å². The predicted octanol–water partition coefficient (Wildman–Crippen LogP) is 3.47. The zero-order valence-corrected chi connectivity index (χ0v) is 21.6. The van der Waals surface area contributed by atoms with Gasteiger partial charge in [0.05, 0.1) is 19.8 Å². The van der Waals surface area contributed by atoms with Crippen LogP contribution < -0.4 is 20.1 Å². The van der Waals surface area contributed by atoms with E-state index in [2.05, 4.69) is 38.7 Å². The topological polar surface area (TPSA) is 85.6 Å². The molecule has 32 heavy (non-hydrogen) atoms. The number of methoxy groups -OCH3 is 1. The van der Waals surface area contributed by atoms with Crippen LogP contribution in [0.15, 0.2) is 23.2 Å². The summed E-state index contributed by atoms with van der Waals surface area (Å²) in [6, 6.07) is 6.32. The summed E-state index contributed by atoms with van der Waals surface area (Å²) >= 11 is 0. The van der Waals surface area contributed by atoms with Gasteiger partial charge < -0.3 is 20.1 Å². The van der Waals surface area contributed by atoms with E-state index in [0.29, 0.717) is 6.54 Å². The van der Waals surface area contributed by atoms with Crippen LogP contribution in [-0.4, -0.2) is 47.0 Å². The van der Waals surface area contributed by atoms with Crippen LogP contribution in [-0.2, 0) is 25.9 Å². The Bertz CT molecular complexity index is 910. The van der Waals surface area contributed by atoms with Crippen LogP contribution in [0, 0.1) is 0 Å². The Morgan fingerprint density at radius 2 is 2.06 bits per heavy atom. The van der Waals surface area contributed by atoms with Crippen LogP contribution >= 0.6 is 24.0 Å². The molecule has 1 saturated carbocycles. The lowest BCUT2D eigenvalue weighted by atomic mass is 10.1. The first-order chi connectivity index (χ1) is 15.2. The van der Waals surface area contributed by atoms with Gasteiger partial charge in [0.2, 0.25) is 0 Å². The minimum absolute atomic E-state index is 0. The Kier molecular flexibility index (Phi) is 9.01.